The number of pyridine rings is 2. The summed E-state index contributed by atoms with van der Waals surface area (Å²) in [5.41, 5.74) is 7.59. The summed E-state index contributed by atoms with van der Waals surface area (Å²) in [4.78, 5) is 3.52. The summed E-state index contributed by atoms with van der Waals surface area (Å²) < 4.78 is 4.41. The van der Waals surface area contributed by atoms with Crippen LogP contribution in [-0.4, -0.2) is 4.98 Å². The molecule has 0 fully saturated rings. The van der Waals surface area contributed by atoms with Crippen LogP contribution in [0, 0.1) is 0 Å². The lowest BCUT2D eigenvalue weighted by Crippen LogP contribution is -2.30. The predicted octanol–water partition coefficient (Wildman–Crippen LogP) is 5.30. The molecule has 3 aromatic heterocycles. The molecule has 3 heterocycles. The Bertz CT molecular complexity index is 1520. The minimum Gasteiger partial charge on any atom is -0.361 e. The third-order valence-corrected chi connectivity index (χ3v) is 6.70. The van der Waals surface area contributed by atoms with Crippen LogP contribution in [0.15, 0.2) is 104 Å². The van der Waals surface area contributed by atoms with Gasteiger partial charge in [0.25, 0.3) is 0 Å². The maximum atomic E-state index is 3.52. The molecule has 1 N–H and O–H groups in total. The summed E-state index contributed by atoms with van der Waals surface area (Å²) in [5, 5.41) is 3.84. The standard InChI is InChI=1S/C29H25N3/c1-31-17-15-23(21-10-4-7-13-27(21)31)29(25-19-30-26-12-6-3-9-20(25)26)24-16-18-32(2)28-14-8-5-11-22(24)28/h3-19,29-30H,1-2H3/q+2. The number of hydrogen-bond donors (Lipinski definition) is 1. The smallest absolute Gasteiger partial charge is 0.212 e. The SMILES string of the molecule is C[n+]1ccc(C(c2c[nH]c3ccccc23)c2cc[n+](C)c3ccccc23)c2ccccc21. The van der Waals surface area contributed by atoms with Gasteiger partial charge in [-0.25, -0.2) is 9.13 Å². The van der Waals surface area contributed by atoms with Crippen LogP contribution in [0.1, 0.15) is 22.6 Å². The number of aromatic nitrogens is 3. The number of H-pyrrole nitrogens is 1. The third kappa shape index (κ3) is 2.82. The zero-order valence-corrected chi connectivity index (χ0v) is 18.3. The molecule has 0 aliphatic carbocycles. The molecule has 3 aromatic carbocycles. The molecule has 0 saturated carbocycles. The molecule has 0 saturated heterocycles. The molecule has 0 unspecified atom stereocenters. The van der Waals surface area contributed by atoms with Gasteiger partial charge in [0.1, 0.15) is 14.1 Å². The molecular formula is C29H25N3+2. The molecule has 3 nitrogen and oxygen atoms in total. The van der Waals surface area contributed by atoms with E-state index in [0.717, 1.165) is 0 Å². The van der Waals surface area contributed by atoms with Crippen LogP contribution < -0.4 is 9.13 Å². The van der Waals surface area contributed by atoms with E-state index < -0.39 is 0 Å². The fourth-order valence-corrected chi connectivity index (χ4v) is 5.11. The summed E-state index contributed by atoms with van der Waals surface area (Å²) in [7, 11) is 4.23. The van der Waals surface area contributed by atoms with Crippen LogP contribution in [0.3, 0.4) is 0 Å². The van der Waals surface area contributed by atoms with Crippen molar-refractivity contribution in [1.82, 2.24) is 4.98 Å². The van der Waals surface area contributed by atoms with Gasteiger partial charge < -0.3 is 4.98 Å². The second kappa shape index (κ2) is 7.31. The molecule has 0 aliphatic rings. The first kappa shape index (κ1) is 18.8. The Morgan fingerprint density at radius 1 is 0.562 bits per heavy atom. The summed E-state index contributed by atoms with van der Waals surface area (Å²) in [6, 6.07) is 30.6. The van der Waals surface area contributed by atoms with Gasteiger partial charge in [0.05, 0.1) is 10.8 Å². The maximum Gasteiger partial charge on any atom is 0.212 e. The van der Waals surface area contributed by atoms with E-state index in [1.54, 1.807) is 0 Å². The van der Waals surface area contributed by atoms with Crippen molar-refractivity contribution in [3.8, 4) is 0 Å². The van der Waals surface area contributed by atoms with Crippen molar-refractivity contribution < 1.29 is 9.13 Å². The quantitative estimate of drug-likeness (QED) is 0.379. The number of aryl methyl sites for hydroxylation is 2. The lowest BCUT2D eigenvalue weighted by atomic mass is 9.82. The van der Waals surface area contributed by atoms with E-state index in [9.17, 15) is 0 Å². The Kier molecular flexibility index (Phi) is 4.29. The zero-order valence-electron chi connectivity index (χ0n) is 18.3. The first-order valence-corrected chi connectivity index (χ1v) is 11.0. The van der Waals surface area contributed by atoms with Gasteiger partial charge in [0, 0.05) is 47.3 Å². The lowest BCUT2D eigenvalue weighted by molar-refractivity contribution is -0.645. The van der Waals surface area contributed by atoms with E-state index in [1.165, 1.54) is 49.4 Å². The first-order valence-electron chi connectivity index (χ1n) is 11.0. The van der Waals surface area contributed by atoms with E-state index in [-0.39, 0.29) is 5.92 Å². The van der Waals surface area contributed by atoms with Crippen molar-refractivity contribution in [2.24, 2.45) is 14.1 Å². The molecule has 0 spiro atoms. The minimum absolute atomic E-state index is 0.100. The normalized spacial score (nSPS) is 11.7. The molecule has 0 aliphatic heterocycles. The van der Waals surface area contributed by atoms with Crippen LogP contribution in [0.5, 0.6) is 0 Å². The van der Waals surface area contributed by atoms with Gasteiger partial charge in [-0.15, -0.1) is 0 Å². The van der Waals surface area contributed by atoms with Gasteiger partial charge in [-0.1, -0.05) is 42.5 Å². The second-order valence-corrected chi connectivity index (χ2v) is 8.52. The number of fused-ring (bicyclic) bond motifs is 3. The molecule has 0 amide bonds. The Morgan fingerprint density at radius 3 is 1.66 bits per heavy atom. The van der Waals surface area contributed by atoms with Gasteiger partial charge in [-0.2, -0.15) is 0 Å². The van der Waals surface area contributed by atoms with Crippen molar-refractivity contribution in [3.63, 3.8) is 0 Å². The van der Waals surface area contributed by atoms with E-state index in [4.69, 9.17) is 0 Å². The highest BCUT2D eigenvalue weighted by Crippen LogP contribution is 2.40. The molecule has 154 valence electrons. The van der Waals surface area contributed by atoms with E-state index >= 15 is 0 Å². The number of rotatable bonds is 3. The van der Waals surface area contributed by atoms with Crippen LogP contribution in [-0.2, 0) is 14.1 Å². The number of nitrogens with one attached hydrogen (secondary N) is 1. The van der Waals surface area contributed by atoms with E-state index in [0.29, 0.717) is 0 Å². The molecule has 3 heteroatoms. The number of hydrogen-bond acceptors (Lipinski definition) is 0. The van der Waals surface area contributed by atoms with E-state index in [2.05, 4.69) is 132 Å². The fraction of sp³-hybridized carbons (Fsp3) is 0.103. The minimum atomic E-state index is 0.100. The predicted molar refractivity (Wildman–Crippen MR) is 129 cm³/mol. The molecule has 6 rings (SSSR count). The third-order valence-electron chi connectivity index (χ3n) is 6.70. The first-order chi connectivity index (χ1) is 15.7. The monoisotopic (exact) mass is 415 g/mol. The Balaban J connectivity index is 1.74. The van der Waals surface area contributed by atoms with Crippen LogP contribution in [0.4, 0.5) is 0 Å². The van der Waals surface area contributed by atoms with Gasteiger partial charge in [0.2, 0.25) is 11.0 Å². The Hall–Kier alpha value is -3.98. The highest BCUT2D eigenvalue weighted by Gasteiger charge is 2.27. The molecular weight excluding hydrogens is 390 g/mol. The summed E-state index contributed by atoms with van der Waals surface area (Å²) in [6.07, 6.45) is 6.56. The van der Waals surface area contributed by atoms with Crippen LogP contribution in [0.2, 0.25) is 0 Å². The van der Waals surface area contributed by atoms with Crippen molar-refractivity contribution >= 4 is 32.7 Å². The van der Waals surface area contributed by atoms with Gasteiger partial charge >= 0.3 is 0 Å². The van der Waals surface area contributed by atoms with Crippen LogP contribution >= 0.6 is 0 Å². The molecule has 6 aromatic rings. The molecule has 0 bridgehead atoms. The Labute approximate surface area is 187 Å². The average Bonchev–Trinajstić information content (AvgIpc) is 3.26. The number of nitrogens with zero attached hydrogens (tertiary/aromatic N) is 2. The Morgan fingerprint density at radius 2 is 1.06 bits per heavy atom. The summed E-state index contributed by atoms with van der Waals surface area (Å²) >= 11 is 0. The topological polar surface area (TPSA) is 23.5 Å². The van der Waals surface area contributed by atoms with Crippen LogP contribution in [0.25, 0.3) is 32.7 Å². The van der Waals surface area contributed by atoms with E-state index in [1.807, 2.05) is 0 Å². The largest absolute Gasteiger partial charge is 0.361 e. The lowest BCUT2D eigenvalue weighted by Gasteiger charge is -2.20. The fourth-order valence-electron chi connectivity index (χ4n) is 5.11. The number of para-hydroxylation sites is 3. The van der Waals surface area contributed by atoms with Gasteiger partial charge in [-0.3, -0.25) is 0 Å². The maximum absolute atomic E-state index is 3.52. The van der Waals surface area contributed by atoms with Crippen molar-refractivity contribution in [2.45, 2.75) is 5.92 Å². The van der Waals surface area contributed by atoms with Crippen molar-refractivity contribution in [3.05, 3.63) is 120 Å². The average molecular weight is 416 g/mol. The molecule has 0 atom stereocenters. The van der Waals surface area contributed by atoms with Gasteiger partial charge in [-0.05, 0) is 34.9 Å². The zero-order chi connectivity index (χ0) is 21.7. The molecule has 32 heavy (non-hydrogen) atoms. The highest BCUT2D eigenvalue weighted by atomic mass is 14.9. The van der Waals surface area contributed by atoms with Crippen molar-refractivity contribution in [2.75, 3.05) is 0 Å². The summed E-state index contributed by atoms with van der Waals surface area (Å²) in [5.74, 6) is 0.100. The number of aromatic amines is 1. The number of benzene rings is 3. The second-order valence-electron chi connectivity index (χ2n) is 8.52. The highest BCUT2D eigenvalue weighted by molar-refractivity contribution is 5.90. The van der Waals surface area contributed by atoms with Gasteiger partial charge in [0.15, 0.2) is 12.4 Å². The summed E-state index contributed by atoms with van der Waals surface area (Å²) in [6.45, 7) is 0. The molecule has 0 radical (unpaired) electrons. The van der Waals surface area contributed by atoms with Crippen molar-refractivity contribution in [1.29, 1.82) is 0 Å².